The van der Waals surface area contributed by atoms with Crippen LogP contribution >= 0.6 is 15.9 Å². The second-order valence-corrected chi connectivity index (χ2v) is 5.21. The number of rotatable bonds is 3. The molecule has 0 saturated carbocycles. The summed E-state index contributed by atoms with van der Waals surface area (Å²) in [6.07, 6.45) is 1.69. The molecule has 0 saturated heterocycles. The molecule has 3 rings (SSSR count). The van der Waals surface area contributed by atoms with Gasteiger partial charge in [0, 0.05) is 16.1 Å². The molecule has 0 spiro atoms. The molecule has 3 aromatic rings. The van der Waals surface area contributed by atoms with Crippen molar-refractivity contribution in [2.75, 3.05) is 0 Å². The Morgan fingerprint density at radius 2 is 2.15 bits per heavy atom. The van der Waals surface area contributed by atoms with E-state index in [-0.39, 0.29) is 5.91 Å². The summed E-state index contributed by atoms with van der Waals surface area (Å²) in [6.45, 7) is 0.375. The topological polar surface area (TPSA) is 55.1 Å². The largest absolute Gasteiger partial charge is 0.451 e. The summed E-state index contributed by atoms with van der Waals surface area (Å²) < 4.78 is 6.45. The Labute approximate surface area is 123 Å². The third kappa shape index (κ3) is 2.72. The maximum absolute atomic E-state index is 12.0. The Bertz CT molecular complexity index is 753. The third-order valence-corrected chi connectivity index (χ3v) is 3.36. The Kier molecular flexibility index (Phi) is 3.52. The molecule has 2 heterocycles. The molecular weight excluding hydrogens is 320 g/mol. The van der Waals surface area contributed by atoms with E-state index in [4.69, 9.17) is 4.42 Å². The number of carbonyl (C=O) groups excluding carboxylic acids is 1. The number of pyridine rings is 1. The molecule has 0 aliphatic rings. The smallest absolute Gasteiger partial charge is 0.287 e. The van der Waals surface area contributed by atoms with Crippen molar-refractivity contribution in [3.8, 4) is 0 Å². The predicted molar refractivity (Wildman–Crippen MR) is 79.3 cm³/mol. The maximum atomic E-state index is 12.0. The molecule has 0 aliphatic heterocycles. The number of halogens is 1. The van der Waals surface area contributed by atoms with Crippen molar-refractivity contribution in [2.24, 2.45) is 0 Å². The third-order valence-electron chi connectivity index (χ3n) is 2.86. The van der Waals surface area contributed by atoms with Crippen LogP contribution in [-0.2, 0) is 6.54 Å². The van der Waals surface area contributed by atoms with E-state index in [1.165, 1.54) is 0 Å². The second-order valence-electron chi connectivity index (χ2n) is 4.30. The Balaban J connectivity index is 1.75. The monoisotopic (exact) mass is 330 g/mol. The molecule has 0 radical (unpaired) electrons. The first-order chi connectivity index (χ1) is 9.72. The number of aromatic nitrogens is 1. The first-order valence-corrected chi connectivity index (χ1v) is 6.89. The van der Waals surface area contributed by atoms with Gasteiger partial charge in [-0.3, -0.25) is 9.78 Å². The van der Waals surface area contributed by atoms with Crippen molar-refractivity contribution in [1.29, 1.82) is 0 Å². The minimum absolute atomic E-state index is 0.247. The minimum Gasteiger partial charge on any atom is -0.451 e. The number of nitrogens with one attached hydrogen (secondary N) is 1. The average molecular weight is 331 g/mol. The lowest BCUT2D eigenvalue weighted by Gasteiger charge is -2.01. The molecule has 0 aliphatic carbocycles. The molecule has 1 N–H and O–H groups in total. The minimum atomic E-state index is -0.247. The van der Waals surface area contributed by atoms with Crippen LogP contribution in [0.25, 0.3) is 11.0 Å². The van der Waals surface area contributed by atoms with Gasteiger partial charge in [0.25, 0.3) is 5.91 Å². The molecule has 0 fully saturated rings. The molecule has 1 amide bonds. The fraction of sp³-hybridized carbons (Fsp3) is 0.0667. The molecule has 0 bridgehead atoms. The van der Waals surface area contributed by atoms with Crippen molar-refractivity contribution in [3.63, 3.8) is 0 Å². The summed E-state index contributed by atoms with van der Waals surface area (Å²) >= 11 is 3.37. The summed E-state index contributed by atoms with van der Waals surface area (Å²) in [4.78, 5) is 16.2. The van der Waals surface area contributed by atoms with Crippen LogP contribution in [0.1, 0.15) is 16.2 Å². The first-order valence-electron chi connectivity index (χ1n) is 6.09. The van der Waals surface area contributed by atoms with E-state index in [1.54, 1.807) is 12.3 Å². The molecule has 20 heavy (non-hydrogen) atoms. The molecule has 4 nitrogen and oxygen atoms in total. The summed E-state index contributed by atoms with van der Waals surface area (Å²) in [5.41, 5.74) is 1.49. The van der Waals surface area contributed by atoms with Crippen molar-refractivity contribution in [1.82, 2.24) is 10.3 Å². The van der Waals surface area contributed by atoms with Crippen LogP contribution in [0.3, 0.4) is 0 Å². The van der Waals surface area contributed by atoms with Crippen molar-refractivity contribution in [2.45, 2.75) is 6.54 Å². The summed E-state index contributed by atoms with van der Waals surface area (Å²) in [7, 11) is 0. The molecule has 5 heteroatoms. The lowest BCUT2D eigenvalue weighted by atomic mass is 10.2. The Hall–Kier alpha value is -2.14. The van der Waals surface area contributed by atoms with E-state index in [0.717, 1.165) is 15.6 Å². The zero-order valence-corrected chi connectivity index (χ0v) is 12.1. The fourth-order valence-corrected chi connectivity index (χ4v) is 2.22. The van der Waals surface area contributed by atoms with Gasteiger partial charge in [0.1, 0.15) is 5.58 Å². The second kappa shape index (κ2) is 5.46. The number of furan rings is 1. The van der Waals surface area contributed by atoms with Gasteiger partial charge >= 0.3 is 0 Å². The molecule has 0 unspecified atom stereocenters. The van der Waals surface area contributed by atoms with Gasteiger partial charge in [-0.25, -0.2) is 0 Å². The van der Waals surface area contributed by atoms with Gasteiger partial charge in [-0.1, -0.05) is 22.0 Å². The van der Waals surface area contributed by atoms with Crippen LogP contribution in [0.15, 0.2) is 57.6 Å². The summed E-state index contributed by atoms with van der Waals surface area (Å²) in [5, 5.41) is 3.68. The number of carbonyl (C=O) groups is 1. The van der Waals surface area contributed by atoms with Gasteiger partial charge in [-0.2, -0.15) is 0 Å². The molecule has 100 valence electrons. The van der Waals surface area contributed by atoms with Crippen molar-refractivity contribution < 1.29 is 9.21 Å². The van der Waals surface area contributed by atoms with Gasteiger partial charge < -0.3 is 9.73 Å². The number of hydrogen-bond donors (Lipinski definition) is 1. The van der Waals surface area contributed by atoms with E-state index >= 15 is 0 Å². The van der Waals surface area contributed by atoms with Crippen molar-refractivity contribution >= 4 is 32.8 Å². The van der Waals surface area contributed by atoms with Gasteiger partial charge in [-0.05, 0) is 36.4 Å². The number of nitrogens with zero attached hydrogens (tertiary/aromatic N) is 1. The number of fused-ring (bicyclic) bond motifs is 1. The maximum Gasteiger partial charge on any atom is 0.287 e. The van der Waals surface area contributed by atoms with Gasteiger partial charge in [0.05, 0.1) is 12.2 Å². The van der Waals surface area contributed by atoms with Crippen LogP contribution in [0, 0.1) is 0 Å². The van der Waals surface area contributed by atoms with E-state index in [2.05, 4.69) is 26.2 Å². The van der Waals surface area contributed by atoms with Crippen LogP contribution < -0.4 is 5.32 Å². The van der Waals surface area contributed by atoms with Gasteiger partial charge in [0.15, 0.2) is 5.76 Å². The highest BCUT2D eigenvalue weighted by atomic mass is 79.9. The number of benzene rings is 1. The average Bonchev–Trinajstić information content (AvgIpc) is 2.89. The Morgan fingerprint density at radius 3 is 2.95 bits per heavy atom. The van der Waals surface area contributed by atoms with E-state index in [0.29, 0.717) is 17.9 Å². The zero-order chi connectivity index (χ0) is 13.9. The SMILES string of the molecule is O=C(NCc1ccccn1)c1cc2ccc(Br)cc2o1. The fourth-order valence-electron chi connectivity index (χ4n) is 1.88. The zero-order valence-electron chi connectivity index (χ0n) is 10.5. The molecule has 0 atom stereocenters. The standard InChI is InChI=1S/C15H11BrN2O2/c16-11-5-4-10-7-14(20-13(10)8-11)15(19)18-9-12-3-1-2-6-17-12/h1-8H,9H2,(H,18,19). The normalized spacial score (nSPS) is 10.7. The van der Waals surface area contributed by atoms with Gasteiger partial charge in [-0.15, -0.1) is 0 Å². The number of hydrogen-bond acceptors (Lipinski definition) is 3. The highest BCUT2D eigenvalue weighted by molar-refractivity contribution is 9.10. The number of amides is 1. The highest BCUT2D eigenvalue weighted by Crippen LogP contribution is 2.23. The van der Waals surface area contributed by atoms with Crippen molar-refractivity contribution in [3.05, 3.63) is 64.6 Å². The van der Waals surface area contributed by atoms with E-state index in [9.17, 15) is 4.79 Å². The van der Waals surface area contributed by atoms with E-state index in [1.807, 2.05) is 36.4 Å². The van der Waals surface area contributed by atoms with Crippen LogP contribution in [0.4, 0.5) is 0 Å². The highest BCUT2D eigenvalue weighted by Gasteiger charge is 2.12. The summed E-state index contributed by atoms with van der Waals surface area (Å²) in [6, 6.07) is 13.0. The summed E-state index contributed by atoms with van der Waals surface area (Å²) in [5.74, 6) is 0.0528. The van der Waals surface area contributed by atoms with Crippen LogP contribution in [-0.4, -0.2) is 10.9 Å². The lowest BCUT2D eigenvalue weighted by molar-refractivity contribution is 0.0925. The molecule has 2 aromatic heterocycles. The van der Waals surface area contributed by atoms with E-state index < -0.39 is 0 Å². The predicted octanol–water partition coefficient (Wildman–Crippen LogP) is 3.52. The Morgan fingerprint density at radius 1 is 1.25 bits per heavy atom. The first kappa shape index (κ1) is 12.9. The molecular formula is C15H11BrN2O2. The lowest BCUT2D eigenvalue weighted by Crippen LogP contribution is -2.22. The van der Waals surface area contributed by atoms with Crippen LogP contribution in [0.5, 0.6) is 0 Å². The van der Waals surface area contributed by atoms with Crippen LogP contribution in [0.2, 0.25) is 0 Å². The molecule has 1 aromatic carbocycles. The van der Waals surface area contributed by atoms with Gasteiger partial charge in [0.2, 0.25) is 0 Å². The quantitative estimate of drug-likeness (QED) is 0.799.